The van der Waals surface area contributed by atoms with Gasteiger partial charge in [0.05, 0.1) is 0 Å². The van der Waals surface area contributed by atoms with E-state index in [-0.39, 0.29) is 37.0 Å². The second-order valence-corrected chi connectivity index (χ2v) is 17.4. The van der Waals surface area contributed by atoms with E-state index in [1.165, 1.54) is 4.46 Å². The summed E-state index contributed by atoms with van der Waals surface area (Å²) in [5.41, 5.74) is 0. The first-order chi connectivity index (χ1) is 13.4. The van der Waals surface area contributed by atoms with Gasteiger partial charge in [0.25, 0.3) is 0 Å². The summed E-state index contributed by atoms with van der Waals surface area (Å²) in [6.45, 7) is 16.2. The first-order valence-electron chi connectivity index (χ1n) is 10.3. The topological polar surface area (TPSA) is 46.2 Å². The Labute approximate surface area is 183 Å². The number of ether oxygens (including phenoxy) is 4. The average molecular weight is 488 g/mol. The summed E-state index contributed by atoms with van der Waals surface area (Å²) >= 11 is 0.194. The molecule has 0 saturated carbocycles. The minimum absolute atomic E-state index is 0.103. The monoisotopic (exact) mass is 488 g/mol. The van der Waals surface area contributed by atoms with Crippen molar-refractivity contribution in [2.75, 3.05) is 20.3 Å². The van der Waals surface area contributed by atoms with Crippen LogP contribution in [0.4, 0.5) is 0 Å². The summed E-state index contributed by atoms with van der Waals surface area (Å²) in [6.07, 6.45) is -0.442. The third kappa shape index (κ3) is 4.99. The van der Waals surface area contributed by atoms with Crippen molar-refractivity contribution in [2.24, 2.45) is 0 Å². The van der Waals surface area contributed by atoms with Gasteiger partial charge < -0.3 is 0 Å². The van der Waals surface area contributed by atoms with Crippen LogP contribution in [0.15, 0.2) is 30.3 Å². The molecule has 0 unspecified atom stereocenters. The molecule has 2 aliphatic heterocycles. The van der Waals surface area contributed by atoms with Gasteiger partial charge in [0, 0.05) is 0 Å². The fourth-order valence-electron chi connectivity index (χ4n) is 3.40. The molecule has 5 nitrogen and oxygen atoms in total. The number of rotatable bonds is 5. The Morgan fingerprint density at radius 3 is 2.34 bits per heavy atom. The van der Waals surface area contributed by atoms with E-state index in [4.69, 9.17) is 23.4 Å². The van der Waals surface area contributed by atoms with E-state index >= 15 is 0 Å². The van der Waals surface area contributed by atoms with Crippen molar-refractivity contribution >= 4 is 27.7 Å². The van der Waals surface area contributed by atoms with Gasteiger partial charge in [0.2, 0.25) is 0 Å². The van der Waals surface area contributed by atoms with Crippen LogP contribution in [0.3, 0.4) is 0 Å². The van der Waals surface area contributed by atoms with E-state index in [0.29, 0.717) is 13.2 Å². The minimum atomic E-state index is -2.04. The molecular formula is C22H36O5SeSi. The zero-order valence-corrected chi connectivity index (χ0v) is 21.7. The Kier molecular flexibility index (Phi) is 6.75. The van der Waals surface area contributed by atoms with E-state index in [0.717, 1.165) is 0 Å². The van der Waals surface area contributed by atoms with Gasteiger partial charge in [-0.05, 0) is 0 Å². The molecule has 4 atom stereocenters. The van der Waals surface area contributed by atoms with Crippen molar-refractivity contribution in [3.8, 4) is 0 Å². The maximum atomic E-state index is 7.03. The SMILES string of the molecule is CO[C@@]12COC(C)(C)O[C@H]1[C@H](O[Si](C)(C)C(C)(C)C)[C@H]([Se]c1ccccc1)CO2. The Balaban J connectivity index is 1.96. The third-order valence-electron chi connectivity index (χ3n) is 6.24. The van der Waals surface area contributed by atoms with Gasteiger partial charge in [-0.15, -0.1) is 0 Å². The first kappa shape index (κ1) is 23.4. The van der Waals surface area contributed by atoms with Crippen molar-refractivity contribution in [3.05, 3.63) is 30.3 Å². The molecule has 0 amide bonds. The number of fused-ring (bicyclic) bond motifs is 1. The summed E-state index contributed by atoms with van der Waals surface area (Å²) < 4.78 is 32.9. The standard InChI is InChI=1S/C22H36O5SeSi/c1-20(2,3)29(7,8)27-18-17(28-16-12-10-9-11-13-16)14-24-22(23-6)15-25-21(4,5)26-19(18)22/h9-13,17-19H,14-15H2,1-8H3/t17-,18-,19+,22-/m1/s1. The molecule has 29 heavy (non-hydrogen) atoms. The van der Waals surface area contributed by atoms with Crippen LogP contribution in [0.1, 0.15) is 34.6 Å². The van der Waals surface area contributed by atoms with Crippen LogP contribution in [-0.2, 0) is 23.4 Å². The van der Waals surface area contributed by atoms with Gasteiger partial charge in [0.15, 0.2) is 0 Å². The summed E-state index contributed by atoms with van der Waals surface area (Å²) in [5, 5.41) is 0.103. The molecule has 0 aromatic heterocycles. The summed E-state index contributed by atoms with van der Waals surface area (Å²) in [7, 11) is -0.371. The molecular weight excluding hydrogens is 451 g/mol. The molecule has 0 bridgehead atoms. The molecule has 3 rings (SSSR count). The van der Waals surface area contributed by atoms with E-state index in [2.05, 4.69) is 64.2 Å². The maximum absolute atomic E-state index is 7.03. The van der Waals surface area contributed by atoms with Gasteiger partial charge in [-0.2, -0.15) is 0 Å². The van der Waals surface area contributed by atoms with E-state index in [9.17, 15) is 0 Å². The molecule has 164 valence electrons. The van der Waals surface area contributed by atoms with Gasteiger partial charge in [-0.1, -0.05) is 0 Å². The summed E-state index contributed by atoms with van der Waals surface area (Å²) in [4.78, 5) is 0.237. The van der Waals surface area contributed by atoms with Crippen LogP contribution in [0.5, 0.6) is 0 Å². The Morgan fingerprint density at radius 2 is 1.76 bits per heavy atom. The predicted molar refractivity (Wildman–Crippen MR) is 118 cm³/mol. The van der Waals surface area contributed by atoms with Crippen LogP contribution in [0, 0.1) is 0 Å². The average Bonchev–Trinajstić information content (AvgIpc) is 2.63. The van der Waals surface area contributed by atoms with Crippen molar-refractivity contribution in [1.82, 2.24) is 0 Å². The Hall–Kier alpha value is -0.244. The predicted octanol–water partition coefficient (Wildman–Crippen LogP) is 3.72. The molecule has 2 heterocycles. The molecule has 0 N–H and O–H groups in total. The van der Waals surface area contributed by atoms with Crippen molar-refractivity contribution < 1.29 is 23.4 Å². The quantitative estimate of drug-likeness (QED) is 0.593. The Bertz CT molecular complexity index is 690. The molecule has 1 aromatic carbocycles. The summed E-state index contributed by atoms with van der Waals surface area (Å²) in [5.74, 6) is -1.63. The van der Waals surface area contributed by atoms with Crippen LogP contribution in [0.25, 0.3) is 0 Å². The Morgan fingerprint density at radius 1 is 1.10 bits per heavy atom. The van der Waals surface area contributed by atoms with Crippen LogP contribution < -0.4 is 4.46 Å². The van der Waals surface area contributed by atoms with Gasteiger partial charge in [-0.25, -0.2) is 0 Å². The number of hydrogen-bond acceptors (Lipinski definition) is 5. The van der Waals surface area contributed by atoms with Crippen molar-refractivity contribution in [1.29, 1.82) is 0 Å². The molecule has 2 saturated heterocycles. The second-order valence-electron chi connectivity index (χ2n) is 9.87. The van der Waals surface area contributed by atoms with Gasteiger partial charge >= 0.3 is 183 Å². The molecule has 0 spiro atoms. The zero-order chi connectivity index (χ0) is 21.5. The molecule has 0 aliphatic carbocycles. The fourth-order valence-corrected chi connectivity index (χ4v) is 7.32. The van der Waals surface area contributed by atoms with Crippen LogP contribution in [-0.4, -0.2) is 67.4 Å². The zero-order valence-electron chi connectivity index (χ0n) is 19.0. The van der Waals surface area contributed by atoms with Crippen LogP contribution in [0.2, 0.25) is 22.9 Å². The second kappa shape index (κ2) is 8.36. The molecule has 2 aliphatic rings. The van der Waals surface area contributed by atoms with Crippen molar-refractivity contribution in [2.45, 2.75) is 81.3 Å². The molecule has 1 aromatic rings. The van der Waals surface area contributed by atoms with Gasteiger partial charge in [0.1, 0.15) is 0 Å². The normalized spacial score (nSPS) is 32.6. The fraction of sp³-hybridized carbons (Fsp3) is 0.727. The van der Waals surface area contributed by atoms with Crippen LogP contribution >= 0.6 is 0 Å². The molecule has 0 radical (unpaired) electrons. The van der Waals surface area contributed by atoms with E-state index < -0.39 is 19.9 Å². The van der Waals surface area contributed by atoms with E-state index in [1.807, 2.05) is 13.8 Å². The van der Waals surface area contributed by atoms with E-state index in [1.54, 1.807) is 7.11 Å². The summed E-state index contributed by atoms with van der Waals surface area (Å²) in [6, 6.07) is 10.6. The first-order valence-corrected chi connectivity index (χ1v) is 15.0. The van der Waals surface area contributed by atoms with Gasteiger partial charge in [-0.3, -0.25) is 0 Å². The molecule has 2 fully saturated rings. The third-order valence-corrected chi connectivity index (χ3v) is 13.3. The van der Waals surface area contributed by atoms with Crippen molar-refractivity contribution in [3.63, 3.8) is 0 Å². The number of methoxy groups -OCH3 is 1. The number of hydrogen-bond donors (Lipinski definition) is 0. The molecule has 7 heteroatoms. The number of benzene rings is 1.